The minimum atomic E-state index is -3.29. The second-order valence-electron chi connectivity index (χ2n) is 3.47. The zero-order valence-corrected chi connectivity index (χ0v) is 10.0. The predicted octanol–water partition coefficient (Wildman–Crippen LogP) is 0.226. The van der Waals surface area contributed by atoms with Crippen molar-refractivity contribution >= 4 is 10.0 Å². The van der Waals surface area contributed by atoms with Crippen molar-refractivity contribution in [3.8, 4) is 0 Å². The maximum atomic E-state index is 11.7. The molecule has 1 heterocycles. The van der Waals surface area contributed by atoms with E-state index in [0.717, 1.165) is 0 Å². The lowest BCUT2D eigenvalue weighted by molar-refractivity contribution is 0.294. The molecule has 0 aliphatic carbocycles. The molecule has 0 saturated heterocycles. The van der Waals surface area contributed by atoms with Gasteiger partial charge in [-0.05, 0) is 18.6 Å². The molecule has 0 aliphatic rings. The number of aliphatic hydroxyl groups is 1. The number of sulfonamides is 1. The van der Waals surface area contributed by atoms with Crippen LogP contribution in [0.3, 0.4) is 0 Å². The van der Waals surface area contributed by atoms with Crippen LogP contribution in [0.5, 0.6) is 0 Å². The smallest absolute Gasteiger partial charge is 0.214 e. The number of hydrogen-bond donors (Lipinski definition) is 1. The van der Waals surface area contributed by atoms with Gasteiger partial charge < -0.3 is 5.11 Å². The topological polar surface area (TPSA) is 70.5 Å². The third kappa shape index (κ3) is 3.88. The first-order chi connectivity index (χ1) is 7.56. The van der Waals surface area contributed by atoms with Crippen molar-refractivity contribution in [2.75, 3.05) is 19.4 Å². The molecule has 16 heavy (non-hydrogen) atoms. The molecule has 5 nitrogen and oxygen atoms in total. The van der Waals surface area contributed by atoms with Gasteiger partial charge in [0.1, 0.15) is 0 Å². The maximum absolute atomic E-state index is 11.7. The molecule has 0 aromatic carbocycles. The van der Waals surface area contributed by atoms with Crippen molar-refractivity contribution in [2.45, 2.75) is 13.0 Å². The number of nitrogens with zero attached hydrogens (tertiary/aromatic N) is 2. The number of pyridine rings is 1. The van der Waals surface area contributed by atoms with E-state index >= 15 is 0 Å². The van der Waals surface area contributed by atoms with E-state index in [9.17, 15) is 8.42 Å². The summed E-state index contributed by atoms with van der Waals surface area (Å²) >= 11 is 0. The van der Waals surface area contributed by atoms with Gasteiger partial charge in [0.15, 0.2) is 0 Å². The van der Waals surface area contributed by atoms with Crippen molar-refractivity contribution in [3.05, 3.63) is 30.1 Å². The Hall–Kier alpha value is -0.980. The fraction of sp³-hybridized carbons (Fsp3) is 0.500. The summed E-state index contributed by atoms with van der Waals surface area (Å²) in [6.45, 7) is 0.144. The lowest BCUT2D eigenvalue weighted by Crippen LogP contribution is -2.29. The molecule has 0 fully saturated rings. The van der Waals surface area contributed by atoms with E-state index in [1.54, 1.807) is 18.3 Å². The summed E-state index contributed by atoms with van der Waals surface area (Å²) in [6, 6.07) is 5.37. The molecule has 6 heteroatoms. The number of rotatable bonds is 6. The van der Waals surface area contributed by atoms with Crippen molar-refractivity contribution in [1.82, 2.24) is 9.29 Å². The molecule has 1 aromatic rings. The lowest BCUT2D eigenvalue weighted by atomic mass is 10.3. The molecular weight excluding hydrogens is 228 g/mol. The normalized spacial score (nSPS) is 11.9. The van der Waals surface area contributed by atoms with Crippen LogP contribution in [0.25, 0.3) is 0 Å². The average Bonchev–Trinajstić information content (AvgIpc) is 2.28. The highest BCUT2D eigenvalue weighted by Crippen LogP contribution is 2.05. The molecule has 1 aromatic heterocycles. The third-order valence-corrected chi connectivity index (χ3v) is 4.03. The second kappa shape index (κ2) is 5.93. The highest BCUT2D eigenvalue weighted by atomic mass is 32.2. The Labute approximate surface area is 95.8 Å². The van der Waals surface area contributed by atoms with E-state index < -0.39 is 10.0 Å². The monoisotopic (exact) mass is 244 g/mol. The summed E-state index contributed by atoms with van der Waals surface area (Å²) in [5.74, 6) is -0.0349. The van der Waals surface area contributed by atoms with Gasteiger partial charge in [-0.2, -0.15) is 4.31 Å². The van der Waals surface area contributed by atoms with Crippen LogP contribution >= 0.6 is 0 Å². The minimum absolute atomic E-state index is 0.0349. The fourth-order valence-corrected chi connectivity index (χ4v) is 2.36. The molecule has 0 amide bonds. The fourth-order valence-electron chi connectivity index (χ4n) is 1.22. The van der Waals surface area contributed by atoms with Crippen LogP contribution in [0.2, 0.25) is 0 Å². The molecule has 90 valence electrons. The first kappa shape index (κ1) is 13.1. The lowest BCUT2D eigenvalue weighted by Gasteiger charge is -2.16. The summed E-state index contributed by atoms with van der Waals surface area (Å²) in [7, 11) is -1.77. The van der Waals surface area contributed by atoms with Crippen molar-refractivity contribution in [3.63, 3.8) is 0 Å². The van der Waals surface area contributed by atoms with E-state index in [1.165, 1.54) is 11.4 Å². The maximum Gasteiger partial charge on any atom is 0.214 e. The average molecular weight is 244 g/mol. The molecule has 0 radical (unpaired) electrons. The summed E-state index contributed by atoms with van der Waals surface area (Å²) in [5, 5.41) is 8.61. The van der Waals surface area contributed by atoms with Gasteiger partial charge in [-0.15, -0.1) is 0 Å². The Morgan fingerprint density at radius 2 is 2.19 bits per heavy atom. The molecule has 0 bridgehead atoms. The van der Waals surface area contributed by atoms with Crippen LogP contribution in [0, 0.1) is 0 Å². The van der Waals surface area contributed by atoms with Gasteiger partial charge in [0.2, 0.25) is 10.0 Å². The largest absolute Gasteiger partial charge is 0.396 e. The third-order valence-electron chi connectivity index (χ3n) is 2.15. The van der Waals surface area contributed by atoms with Crippen LogP contribution in [0.1, 0.15) is 12.1 Å². The zero-order valence-electron chi connectivity index (χ0n) is 9.20. The molecule has 0 aliphatic heterocycles. The predicted molar refractivity (Wildman–Crippen MR) is 61.2 cm³/mol. The van der Waals surface area contributed by atoms with Gasteiger partial charge in [-0.25, -0.2) is 8.42 Å². The highest BCUT2D eigenvalue weighted by molar-refractivity contribution is 7.89. The van der Waals surface area contributed by atoms with Crippen LogP contribution < -0.4 is 0 Å². The molecule has 0 atom stereocenters. The summed E-state index contributed by atoms with van der Waals surface area (Å²) < 4.78 is 24.6. The number of hydrogen-bond acceptors (Lipinski definition) is 4. The van der Waals surface area contributed by atoms with Gasteiger partial charge in [0.25, 0.3) is 0 Å². The first-order valence-electron chi connectivity index (χ1n) is 5.01. The SMILES string of the molecule is CN(Cc1ccccn1)S(=O)(=O)CCCO. The van der Waals surface area contributed by atoms with Crippen molar-refractivity contribution < 1.29 is 13.5 Å². The Kier molecular flexibility index (Phi) is 4.85. The van der Waals surface area contributed by atoms with Crippen LogP contribution in [0.4, 0.5) is 0 Å². The molecule has 1 rings (SSSR count). The van der Waals surface area contributed by atoms with Gasteiger partial charge in [-0.1, -0.05) is 6.07 Å². The van der Waals surface area contributed by atoms with Crippen LogP contribution in [-0.2, 0) is 16.6 Å². The number of aromatic nitrogens is 1. The van der Waals surface area contributed by atoms with E-state index in [4.69, 9.17) is 5.11 Å². The van der Waals surface area contributed by atoms with Gasteiger partial charge in [0, 0.05) is 19.9 Å². The van der Waals surface area contributed by atoms with Gasteiger partial charge in [0.05, 0.1) is 18.0 Å². The molecule has 0 unspecified atom stereocenters. The molecule has 1 N–H and O–H groups in total. The van der Waals surface area contributed by atoms with Crippen LogP contribution in [0.15, 0.2) is 24.4 Å². The molecule has 0 spiro atoms. The second-order valence-corrected chi connectivity index (χ2v) is 5.67. The van der Waals surface area contributed by atoms with E-state index in [2.05, 4.69) is 4.98 Å². The Bertz CT molecular complexity index is 405. The summed E-state index contributed by atoms with van der Waals surface area (Å²) in [5.41, 5.74) is 0.706. The minimum Gasteiger partial charge on any atom is -0.396 e. The standard InChI is InChI=1S/C10H16N2O3S/c1-12(16(14,15)8-4-7-13)9-10-5-2-3-6-11-10/h2-3,5-6,13H,4,7-9H2,1H3. The van der Waals surface area contributed by atoms with Crippen LogP contribution in [-0.4, -0.2) is 42.2 Å². The van der Waals surface area contributed by atoms with E-state index in [0.29, 0.717) is 5.69 Å². The van der Waals surface area contributed by atoms with Gasteiger partial charge >= 0.3 is 0 Å². The van der Waals surface area contributed by atoms with E-state index in [1.807, 2.05) is 6.07 Å². The van der Waals surface area contributed by atoms with Crippen molar-refractivity contribution in [2.24, 2.45) is 0 Å². The highest BCUT2D eigenvalue weighted by Gasteiger charge is 2.17. The van der Waals surface area contributed by atoms with Crippen molar-refractivity contribution in [1.29, 1.82) is 0 Å². The Morgan fingerprint density at radius 3 is 2.75 bits per heavy atom. The Morgan fingerprint density at radius 1 is 1.44 bits per heavy atom. The van der Waals surface area contributed by atoms with Gasteiger partial charge in [-0.3, -0.25) is 4.98 Å². The summed E-state index contributed by atoms with van der Waals surface area (Å²) in [4.78, 5) is 4.06. The first-order valence-corrected chi connectivity index (χ1v) is 6.62. The quantitative estimate of drug-likeness (QED) is 0.777. The Balaban J connectivity index is 2.61. The summed E-state index contributed by atoms with van der Waals surface area (Å²) in [6.07, 6.45) is 1.89. The van der Waals surface area contributed by atoms with E-state index in [-0.39, 0.29) is 25.3 Å². The molecule has 0 saturated carbocycles. The zero-order chi connectivity index (χ0) is 12.0. The molecular formula is C10H16N2O3S. The number of aliphatic hydroxyl groups excluding tert-OH is 1.